The van der Waals surface area contributed by atoms with Gasteiger partial charge in [0.05, 0.1) is 12.5 Å². The molecule has 1 N–H and O–H groups in total. The van der Waals surface area contributed by atoms with Crippen molar-refractivity contribution in [2.24, 2.45) is 0 Å². The molecule has 0 unspecified atom stereocenters. The summed E-state index contributed by atoms with van der Waals surface area (Å²) in [6.45, 7) is 1.41. The van der Waals surface area contributed by atoms with Crippen molar-refractivity contribution < 1.29 is 27.2 Å². The zero-order valence-electron chi connectivity index (χ0n) is 15.4. The highest BCUT2D eigenvalue weighted by Gasteiger charge is 2.36. The molecule has 1 aromatic carbocycles. The zero-order valence-corrected chi connectivity index (χ0v) is 15.4. The van der Waals surface area contributed by atoms with Gasteiger partial charge in [0.15, 0.2) is 22.9 Å². The van der Waals surface area contributed by atoms with Crippen LogP contribution in [0.1, 0.15) is 33.3 Å². The van der Waals surface area contributed by atoms with E-state index < -0.39 is 17.8 Å². The maximum absolute atomic E-state index is 13.6. The number of carbonyl (C=O) groups is 2. The number of nitrogens with one attached hydrogen (secondary N) is 1. The Morgan fingerprint density at radius 1 is 1.13 bits per heavy atom. The second-order valence-corrected chi connectivity index (χ2v) is 6.38. The predicted octanol–water partition coefficient (Wildman–Crippen LogP) is 4.46. The van der Waals surface area contributed by atoms with Crippen LogP contribution in [0.15, 0.2) is 59.3 Å². The van der Waals surface area contributed by atoms with Crippen molar-refractivity contribution in [2.75, 3.05) is 5.32 Å². The van der Waals surface area contributed by atoms with E-state index in [1.165, 1.54) is 49.6 Å². The first-order valence-corrected chi connectivity index (χ1v) is 8.66. The summed E-state index contributed by atoms with van der Waals surface area (Å²) in [6, 6.07) is 9.88. The standard InChI is InChI=1S/C20H13F3N4O3/c1-11(28)12-4-6-13(7-5-12)25-19(29)14-10-24-27-17(20(21,22)23)9-15(26-18(14)27)16-3-2-8-30-16/h2-10H,1H3,(H,25,29). The SMILES string of the molecule is CC(=O)c1ccc(NC(=O)c2cnn3c(C(F)(F)F)cc(-c4ccco4)nc23)cc1. The van der Waals surface area contributed by atoms with Crippen molar-refractivity contribution in [1.82, 2.24) is 14.6 Å². The van der Waals surface area contributed by atoms with Gasteiger partial charge in [-0.25, -0.2) is 9.50 Å². The molecule has 4 rings (SSSR count). The van der Waals surface area contributed by atoms with Gasteiger partial charge in [0, 0.05) is 11.3 Å². The van der Waals surface area contributed by atoms with Crippen LogP contribution < -0.4 is 5.32 Å². The molecule has 4 aromatic rings. The Bertz CT molecular complexity index is 1240. The van der Waals surface area contributed by atoms with Gasteiger partial charge < -0.3 is 9.73 Å². The number of Topliss-reactive ketones (excluding diaryl/α,β-unsaturated/α-hetero) is 1. The summed E-state index contributed by atoms with van der Waals surface area (Å²) < 4.78 is 46.4. The highest BCUT2D eigenvalue weighted by molar-refractivity contribution is 6.08. The Labute approximate surface area is 167 Å². The van der Waals surface area contributed by atoms with Gasteiger partial charge in [0.2, 0.25) is 0 Å². The number of aromatic nitrogens is 3. The third-order valence-electron chi connectivity index (χ3n) is 4.33. The maximum atomic E-state index is 13.6. The van der Waals surface area contributed by atoms with E-state index in [9.17, 15) is 22.8 Å². The van der Waals surface area contributed by atoms with Crippen LogP contribution in [0.25, 0.3) is 17.1 Å². The van der Waals surface area contributed by atoms with E-state index in [0.29, 0.717) is 15.8 Å². The summed E-state index contributed by atoms with van der Waals surface area (Å²) in [6.07, 6.45) is -2.41. The normalized spacial score (nSPS) is 11.6. The highest BCUT2D eigenvalue weighted by atomic mass is 19.4. The van der Waals surface area contributed by atoms with Gasteiger partial charge in [-0.1, -0.05) is 0 Å². The molecule has 0 atom stereocenters. The fraction of sp³-hybridized carbons (Fsp3) is 0.100. The molecule has 3 aromatic heterocycles. The first-order chi connectivity index (χ1) is 14.2. The van der Waals surface area contributed by atoms with Crippen molar-refractivity contribution in [3.05, 3.63) is 71.7 Å². The number of anilines is 1. The van der Waals surface area contributed by atoms with E-state index in [1.54, 1.807) is 0 Å². The van der Waals surface area contributed by atoms with Crippen LogP contribution in [-0.4, -0.2) is 26.3 Å². The molecule has 0 saturated heterocycles. The van der Waals surface area contributed by atoms with E-state index in [0.717, 1.165) is 12.3 Å². The van der Waals surface area contributed by atoms with Gasteiger partial charge in [0.25, 0.3) is 5.91 Å². The number of ketones is 1. The molecular weight excluding hydrogens is 401 g/mol. The molecule has 3 heterocycles. The summed E-state index contributed by atoms with van der Waals surface area (Å²) in [5, 5.41) is 6.27. The number of halogens is 3. The minimum Gasteiger partial charge on any atom is -0.463 e. The molecule has 7 nitrogen and oxygen atoms in total. The zero-order chi connectivity index (χ0) is 21.5. The van der Waals surface area contributed by atoms with Crippen molar-refractivity contribution in [3.8, 4) is 11.5 Å². The topological polar surface area (TPSA) is 89.5 Å². The average Bonchev–Trinajstić information content (AvgIpc) is 3.36. The quantitative estimate of drug-likeness (QED) is 0.498. The number of fused-ring (bicyclic) bond motifs is 1. The van der Waals surface area contributed by atoms with Crippen LogP contribution in [0.2, 0.25) is 0 Å². The molecule has 0 aliphatic rings. The van der Waals surface area contributed by atoms with E-state index in [2.05, 4.69) is 15.4 Å². The van der Waals surface area contributed by atoms with Crippen molar-refractivity contribution in [2.45, 2.75) is 13.1 Å². The van der Waals surface area contributed by atoms with E-state index >= 15 is 0 Å². The Morgan fingerprint density at radius 2 is 1.87 bits per heavy atom. The largest absolute Gasteiger partial charge is 0.463 e. The monoisotopic (exact) mass is 414 g/mol. The summed E-state index contributed by atoms with van der Waals surface area (Å²) in [5.41, 5.74) is -0.770. The summed E-state index contributed by atoms with van der Waals surface area (Å²) >= 11 is 0. The molecular formula is C20H13F3N4O3. The molecule has 0 saturated carbocycles. The van der Waals surface area contributed by atoms with Gasteiger partial charge in [-0.05, 0) is 49.4 Å². The lowest BCUT2D eigenvalue weighted by Crippen LogP contribution is -2.15. The molecule has 30 heavy (non-hydrogen) atoms. The molecule has 1 amide bonds. The lowest BCUT2D eigenvalue weighted by atomic mass is 10.1. The third-order valence-corrected chi connectivity index (χ3v) is 4.33. The highest BCUT2D eigenvalue weighted by Crippen LogP contribution is 2.33. The van der Waals surface area contributed by atoms with Gasteiger partial charge in [-0.3, -0.25) is 9.59 Å². The number of benzene rings is 1. The Morgan fingerprint density at radius 3 is 2.47 bits per heavy atom. The fourth-order valence-corrected chi connectivity index (χ4v) is 2.86. The second-order valence-electron chi connectivity index (χ2n) is 6.38. The minimum absolute atomic E-state index is 0.0832. The Hall–Kier alpha value is -3.95. The van der Waals surface area contributed by atoms with Gasteiger partial charge in [0.1, 0.15) is 11.3 Å². The van der Waals surface area contributed by atoms with Crippen LogP contribution in [-0.2, 0) is 6.18 Å². The van der Waals surface area contributed by atoms with Crippen molar-refractivity contribution >= 4 is 23.0 Å². The maximum Gasteiger partial charge on any atom is 0.433 e. The Balaban J connectivity index is 1.76. The van der Waals surface area contributed by atoms with Gasteiger partial charge in [-0.15, -0.1) is 0 Å². The van der Waals surface area contributed by atoms with Crippen LogP contribution in [0.4, 0.5) is 18.9 Å². The molecule has 10 heteroatoms. The van der Waals surface area contributed by atoms with Crippen LogP contribution in [0, 0.1) is 0 Å². The minimum atomic E-state index is -4.73. The molecule has 0 bridgehead atoms. The van der Waals surface area contributed by atoms with E-state index in [4.69, 9.17) is 4.42 Å². The lowest BCUT2D eigenvalue weighted by Gasteiger charge is -2.10. The molecule has 0 aliphatic heterocycles. The molecule has 0 radical (unpaired) electrons. The number of hydrogen-bond acceptors (Lipinski definition) is 5. The van der Waals surface area contributed by atoms with Crippen molar-refractivity contribution in [1.29, 1.82) is 0 Å². The molecule has 0 spiro atoms. The fourth-order valence-electron chi connectivity index (χ4n) is 2.86. The first-order valence-electron chi connectivity index (χ1n) is 8.66. The molecule has 0 aliphatic carbocycles. The van der Waals surface area contributed by atoms with Crippen molar-refractivity contribution in [3.63, 3.8) is 0 Å². The number of alkyl halides is 3. The lowest BCUT2D eigenvalue weighted by molar-refractivity contribution is -0.142. The number of hydrogen-bond donors (Lipinski definition) is 1. The number of nitrogens with zero attached hydrogens (tertiary/aromatic N) is 3. The van der Waals surface area contributed by atoms with Crippen LogP contribution in [0.5, 0.6) is 0 Å². The van der Waals surface area contributed by atoms with Gasteiger partial charge in [-0.2, -0.15) is 18.3 Å². The van der Waals surface area contributed by atoms with E-state index in [-0.39, 0.29) is 28.4 Å². The smallest absolute Gasteiger partial charge is 0.433 e. The predicted molar refractivity (Wildman–Crippen MR) is 100 cm³/mol. The van der Waals surface area contributed by atoms with Crippen LogP contribution in [0.3, 0.4) is 0 Å². The summed E-state index contributed by atoms with van der Waals surface area (Å²) in [7, 11) is 0. The van der Waals surface area contributed by atoms with Crippen LogP contribution >= 0.6 is 0 Å². The first kappa shape index (κ1) is 19.4. The number of carbonyl (C=O) groups excluding carboxylic acids is 2. The molecule has 0 fully saturated rings. The number of amides is 1. The Kier molecular flexibility index (Phi) is 4.61. The van der Waals surface area contributed by atoms with E-state index in [1.807, 2.05) is 0 Å². The third kappa shape index (κ3) is 3.54. The van der Waals surface area contributed by atoms with Gasteiger partial charge >= 0.3 is 6.18 Å². The average molecular weight is 414 g/mol. The summed E-state index contributed by atoms with van der Waals surface area (Å²) in [4.78, 5) is 28.2. The second kappa shape index (κ2) is 7.14. The summed E-state index contributed by atoms with van der Waals surface area (Å²) in [5.74, 6) is -0.710. The molecule has 152 valence electrons. The number of furan rings is 1. The number of rotatable bonds is 4.